The van der Waals surface area contributed by atoms with E-state index in [-0.39, 0.29) is 0 Å². The molecule has 0 saturated heterocycles. The molecule has 0 saturated carbocycles. The van der Waals surface area contributed by atoms with E-state index in [1.807, 2.05) is 30.3 Å². The van der Waals surface area contributed by atoms with Gasteiger partial charge < -0.3 is 14.5 Å². The molecule has 0 aliphatic heterocycles. The molecule has 3 rings (SSSR count). The van der Waals surface area contributed by atoms with Gasteiger partial charge in [0.25, 0.3) is 0 Å². The predicted molar refractivity (Wildman–Crippen MR) is 79.4 cm³/mol. The standard InChI is InChI=1S/C14H13ClN4O2/c1-20-13-4-2-9(6-11(13)15)12-5-3-10(21-12)7-16-14-17-8-18-19-14/h2-6,8H,7H2,1H3,(H2,16,17,18,19). The maximum absolute atomic E-state index is 6.12. The monoisotopic (exact) mass is 304 g/mol. The van der Waals surface area contributed by atoms with Gasteiger partial charge in [-0.3, -0.25) is 0 Å². The summed E-state index contributed by atoms with van der Waals surface area (Å²) in [5.74, 6) is 2.77. The Labute approximate surface area is 126 Å². The number of H-pyrrole nitrogens is 1. The fourth-order valence-electron chi connectivity index (χ4n) is 1.91. The molecule has 2 aromatic heterocycles. The molecular weight excluding hydrogens is 292 g/mol. The highest BCUT2D eigenvalue weighted by molar-refractivity contribution is 6.32. The summed E-state index contributed by atoms with van der Waals surface area (Å²) in [7, 11) is 1.58. The van der Waals surface area contributed by atoms with Crippen molar-refractivity contribution in [3.05, 3.63) is 47.4 Å². The number of ether oxygens (including phenoxy) is 1. The number of hydrogen-bond donors (Lipinski definition) is 2. The van der Waals surface area contributed by atoms with Crippen molar-refractivity contribution in [1.29, 1.82) is 0 Å². The molecule has 0 unspecified atom stereocenters. The lowest BCUT2D eigenvalue weighted by molar-refractivity contribution is 0.415. The van der Waals surface area contributed by atoms with Gasteiger partial charge >= 0.3 is 0 Å². The largest absolute Gasteiger partial charge is 0.495 e. The minimum absolute atomic E-state index is 0.513. The molecule has 0 radical (unpaired) electrons. The Morgan fingerprint density at radius 3 is 2.95 bits per heavy atom. The van der Waals surface area contributed by atoms with E-state index in [1.165, 1.54) is 6.33 Å². The lowest BCUT2D eigenvalue weighted by Gasteiger charge is -2.04. The van der Waals surface area contributed by atoms with Crippen molar-refractivity contribution in [3.8, 4) is 17.1 Å². The average molecular weight is 305 g/mol. The maximum atomic E-state index is 6.12. The van der Waals surface area contributed by atoms with Crippen molar-refractivity contribution in [2.75, 3.05) is 12.4 Å². The first-order valence-corrected chi connectivity index (χ1v) is 6.66. The highest BCUT2D eigenvalue weighted by Gasteiger charge is 2.08. The number of anilines is 1. The van der Waals surface area contributed by atoms with Crippen LogP contribution in [0, 0.1) is 0 Å². The number of furan rings is 1. The molecule has 1 aromatic carbocycles. The van der Waals surface area contributed by atoms with Gasteiger partial charge in [0.15, 0.2) is 0 Å². The Morgan fingerprint density at radius 2 is 2.24 bits per heavy atom. The minimum Gasteiger partial charge on any atom is -0.495 e. The van der Waals surface area contributed by atoms with Crippen molar-refractivity contribution in [2.45, 2.75) is 6.54 Å². The number of aromatic amines is 1. The fourth-order valence-corrected chi connectivity index (χ4v) is 2.17. The molecule has 0 atom stereocenters. The zero-order valence-corrected chi connectivity index (χ0v) is 12.0. The summed E-state index contributed by atoms with van der Waals surface area (Å²) in [6.07, 6.45) is 1.44. The third-order valence-corrected chi connectivity index (χ3v) is 3.24. The number of nitrogens with zero attached hydrogens (tertiary/aromatic N) is 2. The Morgan fingerprint density at radius 1 is 1.33 bits per heavy atom. The van der Waals surface area contributed by atoms with E-state index in [1.54, 1.807) is 7.11 Å². The zero-order chi connectivity index (χ0) is 14.7. The second-order valence-electron chi connectivity index (χ2n) is 4.30. The quantitative estimate of drug-likeness (QED) is 0.756. The minimum atomic E-state index is 0.513. The number of methoxy groups -OCH3 is 1. The van der Waals surface area contributed by atoms with Crippen LogP contribution in [-0.4, -0.2) is 22.3 Å². The van der Waals surface area contributed by atoms with E-state index >= 15 is 0 Å². The van der Waals surface area contributed by atoms with Crippen LogP contribution in [0.15, 0.2) is 41.1 Å². The van der Waals surface area contributed by atoms with E-state index in [2.05, 4.69) is 20.5 Å². The van der Waals surface area contributed by atoms with Gasteiger partial charge in [0, 0.05) is 5.56 Å². The second-order valence-corrected chi connectivity index (χ2v) is 4.71. The molecule has 6 nitrogen and oxygen atoms in total. The van der Waals surface area contributed by atoms with E-state index < -0.39 is 0 Å². The maximum Gasteiger partial charge on any atom is 0.218 e. The predicted octanol–water partition coefficient (Wildman–Crippen LogP) is 3.34. The molecule has 7 heteroatoms. The summed E-state index contributed by atoms with van der Waals surface area (Å²) < 4.78 is 10.9. The van der Waals surface area contributed by atoms with Crippen LogP contribution >= 0.6 is 11.6 Å². The van der Waals surface area contributed by atoms with Gasteiger partial charge in [-0.2, -0.15) is 5.10 Å². The summed E-state index contributed by atoms with van der Waals surface area (Å²) >= 11 is 6.12. The molecule has 0 amide bonds. The molecular formula is C14H13ClN4O2. The number of hydrogen-bond acceptors (Lipinski definition) is 5. The van der Waals surface area contributed by atoms with Crippen LogP contribution in [-0.2, 0) is 6.54 Å². The first kappa shape index (κ1) is 13.5. The Bertz CT molecular complexity index is 724. The Kier molecular flexibility index (Phi) is 3.79. The molecule has 3 aromatic rings. The van der Waals surface area contributed by atoms with Crippen molar-refractivity contribution in [3.63, 3.8) is 0 Å². The van der Waals surface area contributed by atoms with Crippen LogP contribution in [0.3, 0.4) is 0 Å². The zero-order valence-electron chi connectivity index (χ0n) is 11.3. The summed E-state index contributed by atoms with van der Waals surface area (Å²) in [5, 5.41) is 10.1. The van der Waals surface area contributed by atoms with Crippen LogP contribution in [0.4, 0.5) is 5.95 Å². The fraction of sp³-hybridized carbons (Fsp3) is 0.143. The van der Waals surface area contributed by atoms with Crippen LogP contribution in [0.5, 0.6) is 5.75 Å². The summed E-state index contributed by atoms with van der Waals surface area (Å²) in [6, 6.07) is 9.32. The normalized spacial score (nSPS) is 10.6. The van der Waals surface area contributed by atoms with Gasteiger partial charge in [0.05, 0.1) is 18.7 Å². The Hall–Kier alpha value is -2.47. The van der Waals surface area contributed by atoms with Gasteiger partial charge in [-0.25, -0.2) is 10.1 Å². The van der Waals surface area contributed by atoms with Crippen molar-refractivity contribution < 1.29 is 9.15 Å². The molecule has 0 fully saturated rings. The molecule has 0 aliphatic rings. The van der Waals surface area contributed by atoms with Crippen LogP contribution in [0.2, 0.25) is 5.02 Å². The smallest absolute Gasteiger partial charge is 0.218 e. The highest BCUT2D eigenvalue weighted by Crippen LogP contribution is 2.31. The van der Waals surface area contributed by atoms with Crippen LogP contribution in [0.25, 0.3) is 11.3 Å². The SMILES string of the molecule is COc1ccc(-c2ccc(CNc3ncn[nH]3)o2)cc1Cl. The number of benzene rings is 1. The van der Waals surface area contributed by atoms with Gasteiger partial charge in [-0.15, -0.1) is 0 Å². The van der Waals surface area contributed by atoms with Crippen molar-refractivity contribution >= 4 is 17.5 Å². The first-order chi connectivity index (χ1) is 10.3. The summed E-state index contributed by atoms with van der Waals surface area (Å²) in [6.45, 7) is 0.513. The molecule has 2 N–H and O–H groups in total. The topological polar surface area (TPSA) is 76.0 Å². The van der Waals surface area contributed by atoms with E-state index in [9.17, 15) is 0 Å². The van der Waals surface area contributed by atoms with Crippen molar-refractivity contribution in [2.24, 2.45) is 0 Å². The number of halogens is 1. The average Bonchev–Trinajstić information content (AvgIpc) is 3.16. The van der Waals surface area contributed by atoms with Gasteiger partial charge in [-0.1, -0.05) is 11.6 Å². The third-order valence-electron chi connectivity index (χ3n) is 2.94. The number of nitrogens with one attached hydrogen (secondary N) is 2. The van der Waals surface area contributed by atoms with E-state index in [4.69, 9.17) is 20.8 Å². The van der Waals surface area contributed by atoms with Crippen LogP contribution < -0.4 is 10.1 Å². The van der Waals surface area contributed by atoms with Gasteiger partial charge in [0.2, 0.25) is 5.95 Å². The lowest BCUT2D eigenvalue weighted by atomic mass is 10.2. The van der Waals surface area contributed by atoms with Crippen LogP contribution in [0.1, 0.15) is 5.76 Å². The highest BCUT2D eigenvalue weighted by atomic mass is 35.5. The first-order valence-electron chi connectivity index (χ1n) is 6.28. The molecule has 2 heterocycles. The molecule has 0 bridgehead atoms. The molecule has 0 spiro atoms. The second kappa shape index (κ2) is 5.88. The number of rotatable bonds is 5. The molecule has 0 aliphatic carbocycles. The molecule has 108 valence electrons. The van der Waals surface area contributed by atoms with Crippen molar-refractivity contribution in [1.82, 2.24) is 15.2 Å². The Balaban J connectivity index is 1.73. The third kappa shape index (κ3) is 3.00. The summed E-state index contributed by atoms with van der Waals surface area (Å²) in [5.41, 5.74) is 0.895. The van der Waals surface area contributed by atoms with E-state index in [0.29, 0.717) is 23.3 Å². The van der Waals surface area contributed by atoms with E-state index in [0.717, 1.165) is 17.1 Å². The summed E-state index contributed by atoms with van der Waals surface area (Å²) in [4.78, 5) is 3.98. The number of aromatic nitrogens is 3. The van der Waals surface area contributed by atoms with Gasteiger partial charge in [-0.05, 0) is 30.3 Å². The van der Waals surface area contributed by atoms with Gasteiger partial charge in [0.1, 0.15) is 23.6 Å². The lowest BCUT2D eigenvalue weighted by Crippen LogP contribution is -1.99. The molecule has 21 heavy (non-hydrogen) atoms.